The van der Waals surface area contributed by atoms with Crippen LogP contribution in [0.15, 0.2) is 24.7 Å². The maximum atomic E-state index is 4.29. The number of aromatic nitrogens is 1. The molecule has 1 aromatic heterocycles. The number of hydrogen-bond donors (Lipinski definition) is 2. The first-order chi connectivity index (χ1) is 6.63. The zero-order valence-corrected chi connectivity index (χ0v) is 9.02. The summed E-state index contributed by atoms with van der Waals surface area (Å²) in [5.74, 6) is 0.822. The summed E-state index contributed by atoms with van der Waals surface area (Å²) < 4.78 is 0. The molecule has 0 aromatic carbocycles. The van der Waals surface area contributed by atoms with Gasteiger partial charge >= 0.3 is 0 Å². The highest BCUT2D eigenvalue weighted by molar-refractivity contribution is 5.23. The van der Waals surface area contributed by atoms with E-state index in [0.29, 0.717) is 0 Å². The Morgan fingerprint density at radius 1 is 1.50 bits per heavy atom. The molecule has 0 aliphatic heterocycles. The van der Waals surface area contributed by atoms with Crippen molar-refractivity contribution in [3.05, 3.63) is 41.5 Å². The second-order valence-electron chi connectivity index (χ2n) is 3.33. The number of nitrogens with zero attached hydrogens (tertiary/aromatic N) is 1. The molecule has 2 N–H and O–H groups in total. The van der Waals surface area contributed by atoms with E-state index in [1.807, 2.05) is 20.2 Å². The largest absolute Gasteiger partial charge is 0.375 e. The molecule has 1 aromatic rings. The van der Waals surface area contributed by atoms with E-state index in [4.69, 9.17) is 0 Å². The Bertz CT molecular complexity index is 331. The molecule has 0 fully saturated rings. The molecule has 76 valence electrons. The minimum absolute atomic E-state index is 0.758. The molecular formula is C11H17N3. The smallest absolute Gasteiger partial charge is 0.0912 e. The van der Waals surface area contributed by atoms with Crippen molar-refractivity contribution >= 4 is 0 Å². The van der Waals surface area contributed by atoms with Crippen molar-refractivity contribution in [3.8, 4) is 0 Å². The average Bonchev–Trinajstić information content (AvgIpc) is 2.19. The first-order valence-corrected chi connectivity index (χ1v) is 4.66. The number of aryl methyl sites for hydroxylation is 2. The molecule has 0 saturated carbocycles. The van der Waals surface area contributed by atoms with Crippen LogP contribution < -0.4 is 10.6 Å². The van der Waals surface area contributed by atoms with Crippen LogP contribution in [0.4, 0.5) is 0 Å². The van der Waals surface area contributed by atoms with Gasteiger partial charge < -0.3 is 10.6 Å². The summed E-state index contributed by atoms with van der Waals surface area (Å²) in [4.78, 5) is 4.29. The molecule has 0 unspecified atom stereocenters. The van der Waals surface area contributed by atoms with Crippen LogP contribution in [0, 0.1) is 13.8 Å². The lowest BCUT2D eigenvalue weighted by atomic mass is 10.1. The quantitative estimate of drug-likeness (QED) is 0.757. The third kappa shape index (κ3) is 2.76. The van der Waals surface area contributed by atoms with Gasteiger partial charge in [-0.05, 0) is 25.0 Å². The Morgan fingerprint density at radius 3 is 2.79 bits per heavy atom. The third-order valence-corrected chi connectivity index (χ3v) is 2.20. The van der Waals surface area contributed by atoms with Crippen LogP contribution in [0.5, 0.6) is 0 Å². The standard InChI is InChI=1S/C11H17N3/c1-8-5-11(6-13-9(8)2)7-14-10(3)12-4/h5-6,12,14H,3,7H2,1-2,4H3. The van der Waals surface area contributed by atoms with Gasteiger partial charge in [-0.3, -0.25) is 4.98 Å². The van der Waals surface area contributed by atoms with Gasteiger partial charge in [0.15, 0.2) is 0 Å². The molecule has 0 bridgehead atoms. The van der Waals surface area contributed by atoms with E-state index in [2.05, 4.69) is 35.2 Å². The van der Waals surface area contributed by atoms with Gasteiger partial charge in [0, 0.05) is 25.5 Å². The fourth-order valence-corrected chi connectivity index (χ4v) is 1.10. The van der Waals surface area contributed by atoms with Crippen molar-refractivity contribution in [1.82, 2.24) is 15.6 Å². The molecule has 0 radical (unpaired) electrons. The minimum Gasteiger partial charge on any atom is -0.375 e. The van der Waals surface area contributed by atoms with E-state index < -0.39 is 0 Å². The summed E-state index contributed by atoms with van der Waals surface area (Å²) in [6.07, 6.45) is 1.89. The monoisotopic (exact) mass is 191 g/mol. The van der Waals surface area contributed by atoms with E-state index in [0.717, 1.165) is 18.1 Å². The zero-order chi connectivity index (χ0) is 10.6. The molecule has 1 heterocycles. The highest BCUT2D eigenvalue weighted by atomic mass is 15.1. The Balaban J connectivity index is 2.60. The van der Waals surface area contributed by atoms with Crippen LogP contribution in [0.2, 0.25) is 0 Å². The third-order valence-electron chi connectivity index (χ3n) is 2.20. The molecule has 0 aliphatic rings. The number of nitrogens with one attached hydrogen (secondary N) is 2. The summed E-state index contributed by atoms with van der Waals surface area (Å²) in [6.45, 7) is 8.62. The highest BCUT2D eigenvalue weighted by Gasteiger charge is 1.97. The molecule has 3 nitrogen and oxygen atoms in total. The molecule has 0 atom stereocenters. The van der Waals surface area contributed by atoms with Crippen molar-refractivity contribution in [2.24, 2.45) is 0 Å². The lowest BCUT2D eigenvalue weighted by Crippen LogP contribution is -2.21. The predicted octanol–water partition coefficient (Wildman–Crippen LogP) is 1.48. The first-order valence-electron chi connectivity index (χ1n) is 4.66. The first kappa shape index (κ1) is 10.6. The topological polar surface area (TPSA) is 37.0 Å². The fourth-order valence-electron chi connectivity index (χ4n) is 1.10. The summed E-state index contributed by atoms with van der Waals surface area (Å²) in [6, 6.07) is 2.14. The van der Waals surface area contributed by atoms with Gasteiger partial charge in [-0.1, -0.05) is 12.6 Å². The van der Waals surface area contributed by atoms with E-state index in [-0.39, 0.29) is 0 Å². The van der Waals surface area contributed by atoms with Crippen LogP contribution >= 0.6 is 0 Å². The second-order valence-corrected chi connectivity index (χ2v) is 3.33. The second kappa shape index (κ2) is 4.65. The van der Waals surface area contributed by atoms with Crippen LogP contribution in [0.3, 0.4) is 0 Å². The Hall–Kier alpha value is -1.51. The molecule has 0 amide bonds. The Kier molecular flexibility index (Phi) is 3.51. The molecule has 0 saturated heterocycles. The molecule has 0 spiro atoms. The molecular weight excluding hydrogens is 174 g/mol. The van der Waals surface area contributed by atoms with Crippen LogP contribution in [-0.2, 0) is 6.54 Å². The van der Waals surface area contributed by atoms with Crippen molar-refractivity contribution in [2.75, 3.05) is 7.05 Å². The molecule has 14 heavy (non-hydrogen) atoms. The summed E-state index contributed by atoms with van der Waals surface area (Å²) >= 11 is 0. The Morgan fingerprint density at radius 2 is 2.21 bits per heavy atom. The van der Waals surface area contributed by atoms with Crippen molar-refractivity contribution < 1.29 is 0 Å². The maximum Gasteiger partial charge on any atom is 0.0912 e. The van der Waals surface area contributed by atoms with Gasteiger partial charge in [0.25, 0.3) is 0 Å². The summed E-state index contributed by atoms with van der Waals surface area (Å²) in [7, 11) is 1.84. The molecule has 0 aliphatic carbocycles. The van der Waals surface area contributed by atoms with Gasteiger partial charge in [0.05, 0.1) is 5.82 Å². The lowest BCUT2D eigenvalue weighted by molar-refractivity contribution is 0.738. The number of rotatable bonds is 4. The van der Waals surface area contributed by atoms with Crippen LogP contribution in [0.25, 0.3) is 0 Å². The van der Waals surface area contributed by atoms with E-state index in [1.54, 1.807) is 0 Å². The average molecular weight is 191 g/mol. The van der Waals surface area contributed by atoms with Crippen molar-refractivity contribution in [1.29, 1.82) is 0 Å². The Labute approximate surface area is 85.3 Å². The van der Waals surface area contributed by atoms with Crippen molar-refractivity contribution in [2.45, 2.75) is 20.4 Å². The van der Waals surface area contributed by atoms with Gasteiger partial charge in [-0.25, -0.2) is 0 Å². The normalized spacial score (nSPS) is 9.64. The van der Waals surface area contributed by atoms with Gasteiger partial charge in [-0.15, -0.1) is 0 Å². The van der Waals surface area contributed by atoms with E-state index >= 15 is 0 Å². The van der Waals surface area contributed by atoms with Crippen LogP contribution in [-0.4, -0.2) is 12.0 Å². The molecule has 1 rings (SSSR count). The van der Waals surface area contributed by atoms with Crippen molar-refractivity contribution in [3.63, 3.8) is 0 Å². The van der Waals surface area contributed by atoms with E-state index in [1.165, 1.54) is 11.1 Å². The SMILES string of the molecule is C=C(NC)NCc1cnc(C)c(C)c1. The highest BCUT2D eigenvalue weighted by Crippen LogP contribution is 2.06. The van der Waals surface area contributed by atoms with Crippen LogP contribution in [0.1, 0.15) is 16.8 Å². The zero-order valence-electron chi connectivity index (χ0n) is 9.02. The predicted molar refractivity (Wildman–Crippen MR) is 58.8 cm³/mol. The minimum atomic E-state index is 0.758. The van der Waals surface area contributed by atoms with Gasteiger partial charge in [-0.2, -0.15) is 0 Å². The fraction of sp³-hybridized carbons (Fsp3) is 0.364. The number of hydrogen-bond acceptors (Lipinski definition) is 3. The van der Waals surface area contributed by atoms with Gasteiger partial charge in [0.2, 0.25) is 0 Å². The summed E-state index contributed by atoms with van der Waals surface area (Å²) in [5.41, 5.74) is 3.48. The molecule has 3 heteroatoms. The maximum absolute atomic E-state index is 4.29. The summed E-state index contributed by atoms with van der Waals surface area (Å²) in [5, 5.41) is 6.08. The lowest BCUT2D eigenvalue weighted by Gasteiger charge is -2.09. The van der Waals surface area contributed by atoms with E-state index in [9.17, 15) is 0 Å². The van der Waals surface area contributed by atoms with Gasteiger partial charge in [0.1, 0.15) is 0 Å². The number of pyridine rings is 1.